The van der Waals surface area contributed by atoms with Gasteiger partial charge in [0.05, 0.1) is 16.5 Å². The fraction of sp³-hybridized carbons (Fsp3) is 0.158. The summed E-state index contributed by atoms with van der Waals surface area (Å²) in [7, 11) is -3.65. The van der Waals surface area contributed by atoms with Gasteiger partial charge in [-0.2, -0.15) is 0 Å². The normalized spacial score (nSPS) is 11.2. The lowest BCUT2D eigenvalue weighted by Crippen LogP contribution is -2.16. The highest BCUT2D eigenvalue weighted by Crippen LogP contribution is 2.31. The lowest BCUT2D eigenvalue weighted by molar-refractivity contribution is 0.495. The first kappa shape index (κ1) is 22.7. The van der Waals surface area contributed by atoms with E-state index < -0.39 is 10.0 Å². The van der Waals surface area contributed by atoms with Gasteiger partial charge in [-0.05, 0) is 61.0 Å². The molecule has 1 heterocycles. The molecular formula is C19H19Cl3N2O3S. The Morgan fingerprint density at radius 3 is 2.39 bits per heavy atom. The van der Waals surface area contributed by atoms with Gasteiger partial charge < -0.3 is 9.73 Å². The minimum atomic E-state index is -3.65. The average molecular weight is 462 g/mol. The van der Waals surface area contributed by atoms with Gasteiger partial charge in [0.1, 0.15) is 11.5 Å². The van der Waals surface area contributed by atoms with Crippen LogP contribution in [0.3, 0.4) is 0 Å². The third kappa shape index (κ3) is 5.98. The van der Waals surface area contributed by atoms with Crippen LogP contribution in [-0.2, 0) is 23.0 Å². The van der Waals surface area contributed by atoms with Gasteiger partial charge in [-0.3, -0.25) is 0 Å². The van der Waals surface area contributed by atoms with Crippen LogP contribution in [0, 0.1) is 0 Å². The first-order valence-corrected chi connectivity index (χ1v) is 10.5. The predicted octanol–water partition coefficient (Wildman–Crippen LogP) is 4.65. The van der Waals surface area contributed by atoms with Crippen LogP contribution in [0.15, 0.2) is 63.9 Å². The summed E-state index contributed by atoms with van der Waals surface area (Å²) in [6.07, 6.45) is 0.749. The molecule has 5 nitrogen and oxygen atoms in total. The number of rotatable bonds is 7. The molecule has 0 aliphatic carbocycles. The molecule has 9 heteroatoms. The molecule has 2 aromatic carbocycles. The van der Waals surface area contributed by atoms with Crippen molar-refractivity contribution in [3.63, 3.8) is 0 Å². The first-order chi connectivity index (χ1) is 12.8. The Kier molecular flexibility index (Phi) is 7.95. The maximum Gasteiger partial charge on any atom is 0.238 e. The zero-order valence-corrected chi connectivity index (χ0v) is 17.8. The third-order valence-electron chi connectivity index (χ3n) is 4.00. The summed E-state index contributed by atoms with van der Waals surface area (Å²) < 4.78 is 28.3. The molecule has 0 aliphatic rings. The van der Waals surface area contributed by atoms with Gasteiger partial charge in [-0.1, -0.05) is 35.3 Å². The zero-order valence-electron chi connectivity index (χ0n) is 14.7. The lowest BCUT2D eigenvalue weighted by Gasteiger charge is -2.05. The highest BCUT2D eigenvalue weighted by Gasteiger charge is 2.10. The summed E-state index contributed by atoms with van der Waals surface area (Å²) in [5.74, 6) is 1.45. The Morgan fingerprint density at radius 1 is 1.00 bits per heavy atom. The fourth-order valence-electron chi connectivity index (χ4n) is 2.59. The van der Waals surface area contributed by atoms with Gasteiger partial charge in [-0.25, -0.2) is 13.6 Å². The Balaban J connectivity index is 0.00000280. The van der Waals surface area contributed by atoms with Gasteiger partial charge >= 0.3 is 0 Å². The van der Waals surface area contributed by atoms with Gasteiger partial charge in [0.15, 0.2) is 0 Å². The standard InChI is InChI=1S/C19H18Cl2N2O3S.ClH/c20-14-3-7-18(21)17(11-14)19-8-4-15(26-19)12-23-10-9-13-1-5-16(6-2-13)27(22,24)25;/h1-8,11,23H,9-10,12H2,(H2,22,24,25);1H. The van der Waals surface area contributed by atoms with Crippen LogP contribution in [0.5, 0.6) is 0 Å². The van der Waals surface area contributed by atoms with Crippen molar-refractivity contribution < 1.29 is 12.8 Å². The van der Waals surface area contributed by atoms with Gasteiger partial charge in [-0.15, -0.1) is 12.4 Å². The highest BCUT2D eigenvalue weighted by atomic mass is 35.5. The molecule has 0 atom stereocenters. The second kappa shape index (κ2) is 9.78. The van der Waals surface area contributed by atoms with E-state index in [2.05, 4.69) is 5.32 Å². The van der Waals surface area contributed by atoms with Crippen LogP contribution in [0.1, 0.15) is 11.3 Å². The molecule has 0 fully saturated rings. The number of furan rings is 1. The topological polar surface area (TPSA) is 85.3 Å². The number of sulfonamides is 1. The summed E-state index contributed by atoms with van der Waals surface area (Å²) in [5, 5.41) is 9.55. The molecule has 0 amide bonds. The van der Waals surface area contributed by atoms with Crippen molar-refractivity contribution in [2.75, 3.05) is 6.54 Å². The molecule has 0 bridgehead atoms. The number of halogens is 3. The van der Waals surface area contributed by atoms with E-state index in [-0.39, 0.29) is 17.3 Å². The smallest absolute Gasteiger partial charge is 0.238 e. The number of hydrogen-bond acceptors (Lipinski definition) is 4. The first-order valence-electron chi connectivity index (χ1n) is 8.19. The summed E-state index contributed by atoms with van der Waals surface area (Å²) in [6.45, 7) is 1.27. The average Bonchev–Trinajstić information content (AvgIpc) is 3.09. The van der Waals surface area contributed by atoms with E-state index in [9.17, 15) is 8.42 Å². The molecule has 1 aromatic heterocycles. The van der Waals surface area contributed by atoms with Crippen molar-refractivity contribution in [3.8, 4) is 11.3 Å². The molecule has 3 aromatic rings. The molecule has 0 spiro atoms. The van der Waals surface area contributed by atoms with Crippen LogP contribution in [0.25, 0.3) is 11.3 Å². The Labute approximate surface area is 180 Å². The number of benzene rings is 2. The monoisotopic (exact) mass is 460 g/mol. The molecule has 150 valence electrons. The van der Waals surface area contributed by atoms with Crippen LogP contribution in [-0.4, -0.2) is 15.0 Å². The minimum absolute atomic E-state index is 0. The van der Waals surface area contributed by atoms with Crippen LogP contribution in [0.4, 0.5) is 0 Å². The Morgan fingerprint density at radius 2 is 1.71 bits per heavy atom. The van der Waals surface area contributed by atoms with Gasteiger partial charge in [0.25, 0.3) is 0 Å². The van der Waals surface area contributed by atoms with Gasteiger partial charge in [0.2, 0.25) is 10.0 Å². The molecule has 0 aliphatic heterocycles. The zero-order chi connectivity index (χ0) is 19.4. The molecule has 0 saturated carbocycles. The van der Waals surface area contributed by atoms with Crippen molar-refractivity contribution in [1.29, 1.82) is 0 Å². The molecule has 3 rings (SSSR count). The Hall–Kier alpha value is -1.54. The van der Waals surface area contributed by atoms with Crippen molar-refractivity contribution in [2.45, 2.75) is 17.9 Å². The third-order valence-corrected chi connectivity index (χ3v) is 5.49. The quantitative estimate of drug-likeness (QED) is 0.501. The predicted molar refractivity (Wildman–Crippen MR) is 115 cm³/mol. The molecule has 0 saturated heterocycles. The summed E-state index contributed by atoms with van der Waals surface area (Å²) in [4.78, 5) is 0.113. The lowest BCUT2D eigenvalue weighted by atomic mass is 10.1. The maximum absolute atomic E-state index is 11.2. The SMILES string of the molecule is Cl.NS(=O)(=O)c1ccc(CCNCc2ccc(-c3cc(Cl)ccc3Cl)o2)cc1. The number of primary sulfonamides is 1. The highest BCUT2D eigenvalue weighted by molar-refractivity contribution is 7.89. The van der Waals surface area contributed by atoms with Gasteiger partial charge in [0, 0.05) is 10.6 Å². The number of nitrogens with two attached hydrogens (primary N) is 1. The van der Waals surface area contributed by atoms with Crippen LogP contribution in [0.2, 0.25) is 10.0 Å². The molecule has 0 radical (unpaired) electrons. The second-order valence-electron chi connectivity index (χ2n) is 6.01. The molecule has 3 N–H and O–H groups in total. The van der Waals surface area contributed by atoms with E-state index in [1.807, 2.05) is 12.1 Å². The van der Waals surface area contributed by atoms with E-state index >= 15 is 0 Å². The van der Waals surface area contributed by atoms with E-state index in [0.29, 0.717) is 28.9 Å². The fourth-order valence-corrected chi connectivity index (χ4v) is 3.49. The number of hydrogen-bond donors (Lipinski definition) is 2. The van der Waals surface area contributed by atoms with E-state index in [1.165, 1.54) is 12.1 Å². The molecule has 0 unspecified atom stereocenters. The van der Waals surface area contributed by atoms with Crippen molar-refractivity contribution >= 4 is 45.6 Å². The minimum Gasteiger partial charge on any atom is -0.460 e. The maximum atomic E-state index is 11.2. The largest absolute Gasteiger partial charge is 0.460 e. The van der Waals surface area contributed by atoms with Crippen LogP contribution < -0.4 is 10.5 Å². The van der Waals surface area contributed by atoms with E-state index in [1.54, 1.807) is 30.3 Å². The number of nitrogens with one attached hydrogen (secondary N) is 1. The van der Waals surface area contributed by atoms with Crippen LogP contribution >= 0.6 is 35.6 Å². The summed E-state index contributed by atoms with van der Waals surface area (Å²) >= 11 is 12.2. The summed E-state index contributed by atoms with van der Waals surface area (Å²) in [5.41, 5.74) is 1.77. The molecule has 28 heavy (non-hydrogen) atoms. The Bertz CT molecular complexity index is 1030. The van der Waals surface area contributed by atoms with E-state index in [4.69, 9.17) is 32.8 Å². The van der Waals surface area contributed by atoms with Crippen molar-refractivity contribution in [1.82, 2.24) is 5.32 Å². The van der Waals surface area contributed by atoms with Crippen molar-refractivity contribution in [3.05, 3.63) is 76.0 Å². The molecular weight excluding hydrogens is 443 g/mol. The second-order valence-corrected chi connectivity index (χ2v) is 8.41. The van der Waals surface area contributed by atoms with Crippen molar-refractivity contribution in [2.24, 2.45) is 5.14 Å². The summed E-state index contributed by atoms with van der Waals surface area (Å²) in [6, 6.07) is 15.5. The van der Waals surface area contributed by atoms with E-state index in [0.717, 1.165) is 23.3 Å².